The van der Waals surface area contributed by atoms with E-state index in [1.807, 2.05) is 13.8 Å². The summed E-state index contributed by atoms with van der Waals surface area (Å²) < 4.78 is 19.1. The first-order chi connectivity index (χ1) is 9.02. The zero-order valence-corrected chi connectivity index (χ0v) is 11.0. The fraction of sp³-hybridized carbons (Fsp3) is 0.286. The molecule has 0 atom stereocenters. The van der Waals surface area contributed by atoms with E-state index in [1.165, 1.54) is 31.6 Å². The molecule has 0 amide bonds. The van der Waals surface area contributed by atoms with Crippen molar-refractivity contribution < 1.29 is 14.2 Å². The second-order valence-corrected chi connectivity index (χ2v) is 4.49. The zero-order valence-electron chi connectivity index (χ0n) is 11.0. The van der Waals surface area contributed by atoms with Crippen LogP contribution in [0.2, 0.25) is 0 Å². The van der Waals surface area contributed by atoms with Crippen LogP contribution in [0.15, 0.2) is 24.5 Å². The van der Waals surface area contributed by atoms with Crippen LogP contribution in [-0.4, -0.2) is 22.2 Å². The SMILES string of the molecule is COc1cc(-c2cc(O)c(C(C)C)cc2F)ncn1. The summed E-state index contributed by atoms with van der Waals surface area (Å²) in [6.07, 6.45) is 1.29. The van der Waals surface area contributed by atoms with E-state index in [9.17, 15) is 9.50 Å². The third kappa shape index (κ3) is 2.65. The highest BCUT2D eigenvalue weighted by molar-refractivity contribution is 5.64. The summed E-state index contributed by atoms with van der Waals surface area (Å²) in [5.41, 5.74) is 1.17. The van der Waals surface area contributed by atoms with Gasteiger partial charge in [0.2, 0.25) is 5.88 Å². The van der Waals surface area contributed by atoms with E-state index in [0.29, 0.717) is 17.1 Å². The summed E-state index contributed by atoms with van der Waals surface area (Å²) >= 11 is 0. The third-order valence-corrected chi connectivity index (χ3v) is 2.87. The molecular weight excluding hydrogens is 247 g/mol. The molecule has 5 heteroatoms. The average Bonchev–Trinajstić information content (AvgIpc) is 2.40. The normalized spacial score (nSPS) is 10.8. The molecule has 0 spiro atoms. The molecule has 19 heavy (non-hydrogen) atoms. The van der Waals surface area contributed by atoms with Crippen molar-refractivity contribution in [2.75, 3.05) is 7.11 Å². The van der Waals surface area contributed by atoms with Crippen LogP contribution in [0.5, 0.6) is 11.6 Å². The molecule has 0 aliphatic heterocycles. The fourth-order valence-electron chi connectivity index (χ4n) is 1.83. The van der Waals surface area contributed by atoms with Crippen LogP contribution in [0.4, 0.5) is 4.39 Å². The molecule has 0 aliphatic rings. The second kappa shape index (κ2) is 5.22. The van der Waals surface area contributed by atoms with Crippen molar-refractivity contribution in [2.45, 2.75) is 19.8 Å². The molecule has 1 N–H and O–H groups in total. The first-order valence-corrected chi connectivity index (χ1v) is 5.91. The lowest BCUT2D eigenvalue weighted by Gasteiger charge is -2.11. The van der Waals surface area contributed by atoms with Crippen molar-refractivity contribution in [1.82, 2.24) is 9.97 Å². The molecule has 0 radical (unpaired) electrons. The van der Waals surface area contributed by atoms with E-state index < -0.39 is 5.82 Å². The molecule has 4 nitrogen and oxygen atoms in total. The van der Waals surface area contributed by atoms with E-state index >= 15 is 0 Å². The Bertz CT molecular complexity index is 600. The van der Waals surface area contributed by atoms with E-state index in [1.54, 1.807) is 0 Å². The number of benzene rings is 1. The molecule has 2 rings (SSSR count). The topological polar surface area (TPSA) is 55.2 Å². The van der Waals surface area contributed by atoms with E-state index in [4.69, 9.17) is 4.74 Å². The number of hydrogen-bond donors (Lipinski definition) is 1. The van der Waals surface area contributed by atoms with Crippen LogP contribution in [0.1, 0.15) is 25.3 Å². The highest BCUT2D eigenvalue weighted by Gasteiger charge is 2.14. The maximum atomic E-state index is 14.1. The first kappa shape index (κ1) is 13.3. The largest absolute Gasteiger partial charge is 0.508 e. The van der Waals surface area contributed by atoms with Gasteiger partial charge >= 0.3 is 0 Å². The Hall–Kier alpha value is -2.17. The lowest BCUT2D eigenvalue weighted by atomic mass is 9.99. The highest BCUT2D eigenvalue weighted by atomic mass is 19.1. The van der Waals surface area contributed by atoms with Crippen LogP contribution >= 0.6 is 0 Å². The van der Waals surface area contributed by atoms with Gasteiger partial charge in [0.1, 0.15) is 17.9 Å². The van der Waals surface area contributed by atoms with Crippen LogP contribution in [0.3, 0.4) is 0 Å². The van der Waals surface area contributed by atoms with Crippen LogP contribution < -0.4 is 4.74 Å². The van der Waals surface area contributed by atoms with Gasteiger partial charge in [-0.15, -0.1) is 0 Å². The number of phenols is 1. The van der Waals surface area contributed by atoms with Crippen LogP contribution in [0, 0.1) is 5.82 Å². The Morgan fingerprint density at radius 2 is 1.95 bits per heavy atom. The second-order valence-electron chi connectivity index (χ2n) is 4.49. The number of phenolic OH excluding ortho intramolecular Hbond substituents is 1. The van der Waals surface area contributed by atoms with Crippen LogP contribution in [-0.2, 0) is 0 Å². The molecule has 2 aromatic rings. The molecule has 1 aromatic carbocycles. The molecule has 0 unspecified atom stereocenters. The number of methoxy groups -OCH3 is 1. The van der Waals surface area contributed by atoms with Gasteiger partial charge in [0.05, 0.1) is 12.8 Å². The molecule has 0 bridgehead atoms. The monoisotopic (exact) mass is 262 g/mol. The van der Waals surface area contributed by atoms with Gasteiger partial charge in [0, 0.05) is 11.6 Å². The molecule has 0 saturated heterocycles. The zero-order chi connectivity index (χ0) is 14.0. The minimum atomic E-state index is -0.428. The van der Waals surface area contributed by atoms with Crippen molar-refractivity contribution in [3.05, 3.63) is 35.9 Å². The maximum absolute atomic E-state index is 14.1. The Morgan fingerprint density at radius 3 is 2.58 bits per heavy atom. The molecule has 0 saturated carbocycles. The summed E-state index contributed by atoms with van der Waals surface area (Å²) in [5, 5.41) is 9.93. The van der Waals surface area contributed by atoms with Crippen molar-refractivity contribution in [3.8, 4) is 22.9 Å². The van der Waals surface area contributed by atoms with Crippen molar-refractivity contribution in [1.29, 1.82) is 0 Å². The molecule has 100 valence electrons. The lowest BCUT2D eigenvalue weighted by molar-refractivity contribution is 0.397. The number of ether oxygens (including phenoxy) is 1. The minimum absolute atomic E-state index is 0.0449. The van der Waals surface area contributed by atoms with Crippen molar-refractivity contribution in [3.63, 3.8) is 0 Å². The van der Waals surface area contributed by atoms with Gasteiger partial charge in [0.15, 0.2) is 0 Å². The quantitative estimate of drug-likeness (QED) is 0.923. The molecular formula is C14H15FN2O2. The Labute approximate surface area is 110 Å². The highest BCUT2D eigenvalue weighted by Crippen LogP contribution is 2.32. The van der Waals surface area contributed by atoms with Gasteiger partial charge in [-0.05, 0) is 23.6 Å². The first-order valence-electron chi connectivity index (χ1n) is 5.91. The maximum Gasteiger partial charge on any atom is 0.216 e. The Morgan fingerprint density at radius 1 is 1.21 bits per heavy atom. The molecule has 0 aliphatic carbocycles. The van der Waals surface area contributed by atoms with E-state index in [2.05, 4.69) is 9.97 Å². The summed E-state index contributed by atoms with van der Waals surface area (Å²) in [5.74, 6) is 0.0199. The van der Waals surface area contributed by atoms with Gasteiger partial charge < -0.3 is 9.84 Å². The number of nitrogens with zero attached hydrogens (tertiary/aromatic N) is 2. The molecule has 1 heterocycles. The number of aromatic nitrogens is 2. The predicted molar refractivity (Wildman–Crippen MR) is 69.7 cm³/mol. The van der Waals surface area contributed by atoms with Crippen LogP contribution in [0.25, 0.3) is 11.3 Å². The van der Waals surface area contributed by atoms with Gasteiger partial charge in [-0.2, -0.15) is 0 Å². The number of aromatic hydroxyl groups is 1. The number of halogens is 1. The summed E-state index contributed by atoms with van der Waals surface area (Å²) in [7, 11) is 1.47. The Kier molecular flexibility index (Phi) is 3.64. The smallest absolute Gasteiger partial charge is 0.216 e. The molecule has 1 aromatic heterocycles. The van der Waals surface area contributed by atoms with Gasteiger partial charge in [0.25, 0.3) is 0 Å². The number of rotatable bonds is 3. The standard InChI is InChI=1S/C14H15FN2O2/c1-8(2)9-4-11(15)10(5-13(9)18)12-6-14(19-3)17-7-16-12/h4-8,18H,1-3H3. The fourth-order valence-corrected chi connectivity index (χ4v) is 1.83. The van der Waals surface area contributed by atoms with Gasteiger partial charge in [-0.25, -0.2) is 14.4 Å². The van der Waals surface area contributed by atoms with Crippen molar-refractivity contribution in [2.24, 2.45) is 0 Å². The van der Waals surface area contributed by atoms with Gasteiger partial charge in [-0.1, -0.05) is 13.8 Å². The Balaban J connectivity index is 2.53. The van der Waals surface area contributed by atoms with Gasteiger partial charge in [-0.3, -0.25) is 0 Å². The van der Waals surface area contributed by atoms with Crippen molar-refractivity contribution >= 4 is 0 Å². The predicted octanol–water partition coefficient (Wildman–Crippen LogP) is 3.12. The third-order valence-electron chi connectivity index (χ3n) is 2.87. The summed E-state index contributed by atoms with van der Waals surface area (Å²) in [4.78, 5) is 7.85. The minimum Gasteiger partial charge on any atom is -0.508 e. The lowest BCUT2D eigenvalue weighted by Crippen LogP contribution is -1.96. The van der Waals surface area contributed by atoms with E-state index in [-0.39, 0.29) is 17.2 Å². The summed E-state index contributed by atoms with van der Waals surface area (Å²) in [6, 6.07) is 4.24. The van der Waals surface area contributed by atoms with E-state index in [0.717, 1.165) is 0 Å². The average molecular weight is 262 g/mol. The summed E-state index contributed by atoms with van der Waals surface area (Å²) in [6.45, 7) is 3.78. The molecule has 0 fully saturated rings. The number of hydrogen-bond acceptors (Lipinski definition) is 4.